The van der Waals surface area contributed by atoms with Crippen molar-refractivity contribution < 1.29 is 4.74 Å². The van der Waals surface area contributed by atoms with Crippen molar-refractivity contribution in [1.29, 1.82) is 0 Å². The first-order valence-corrected chi connectivity index (χ1v) is 7.98. The fraction of sp³-hybridized carbons (Fsp3) is 0.818. The predicted octanol–water partition coefficient (Wildman–Crippen LogP) is 1.32. The number of rotatable bonds is 7. The second-order valence-electron chi connectivity index (χ2n) is 4.53. The lowest BCUT2D eigenvalue weighted by Crippen LogP contribution is -2.25. The highest BCUT2D eigenvalue weighted by Gasteiger charge is 2.14. The van der Waals surface area contributed by atoms with Crippen molar-refractivity contribution in [1.82, 2.24) is 15.5 Å². The third-order valence-corrected chi connectivity index (χ3v) is 4.97. The van der Waals surface area contributed by atoms with E-state index in [1.54, 1.807) is 23.1 Å². The van der Waals surface area contributed by atoms with Gasteiger partial charge < -0.3 is 15.0 Å². The fourth-order valence-corrected chi connectivity index (χ4v) is 3.43. The molecule has 1 atom stereocenters. The van der Waals surface area contributed by atoms with E-state index in [2.05, 4.69) is 15.5 Å². The third kappa shape index (κ3) is 4.38. The molecule has 0 aliphatic carbocycles. The number of nitrogens with one attached hydrogen (secondary N) is 1. The van der Waals surface area contributed by atoms with Crippen molar-refractivity contribution in [3.05, 3.63) is 0 Å². The van der Waals surface area contributed by atoms with Crippen molar-refractivity contribution in [2.24, 2.45) is 5.92 Å². The van der Waals surface area contributed by atoms with Crippen molar-refractivity contribution in [2.45, 2.75) is 10.8 Å². The van der Waals surface area contributed by atoms with E-state index in [-0.39, 0.29) is 0 Å². The first-order chi connectivity index (χ1) is 8.75. The highest BCUT2D eigenvalue weighted by atomic mass is 32.2. The smallest absolute Gasteiger partial charge is 0.208 e. The zero-order valence-electron chi connectivity index (χ0n) is 10.9. The van der Waals surface area contributed by atoms with Crippen LogP contribution in [0.25, 0.3) is 0 Å². The summed E-state index contributed by atoms with van der Waals surface area (Å²) in [4.78, 5) is 1.99. The van der Waals surface area contributed by atoms with E-state index in [1.165, 1.54) is 6.42 Å². The van der Waals surface area contributed by atoms with E-state index >= 15 is 0 Å². The van der Waals surface area contributed by atoms with Gasteiger partial charge in [0, 0.05) is 39.5 Å². The molecule has 2 heterocycles. The Kier molecular flexibility index (Phi) is 5.68. The van der Waals surface area contributed by atoms with Gasteiger partial charge in [-0.1, -0.05) is 23.1 Å². The van der Waals surface area contributed by atoms with Gasteiger partial charge in [-0.3, -0.25) is 0 Å². The zero-order chi connectivity index (χ0) is 12.8. The first-order valence-electron chi connectivity index (χ1n) is 6.18. The standard InChI is InChI=1S/C11H20N4OS2/c1-15(2)10-13-14-11(18-10)17-6-4-12-7-9-3-5-16-8-9/h9,12H,3-8H2,1-2H3. The summed E-state index contributed by atoms with van der Waals surface area (Å²) in [5.74, 6) is 1.74. The molecule has 1 aliphatic heterocycles. The predicted molar refractivity (Wildman–Crippen MR) is 76.8 cm³/mol. The lowest BCUT2D eigenvalue weighted by Gasteiger charge is -2.08. The molecule has 1 saturated heterocycles. The van der Waals surface area contributed by atoms with Gasteiger partial charge in [0.25, 0.3) is 0 Å². The van der Waals surface area contributed by atoms with Crippen LogP contribution in [0.15, 0.2) is 4.34 Å². The minimum Gasteiger partial charge on any atom is -0.381 e. The van der Waals surface area contributed by atoms with E-state index in [4.69, 9.17) is 4.74 Å². The summed E-state index contributed by atoms with van der Waals surface area (Å²) in [6, 6.07) is 0. The van der Waals surface area contributed by atoms with Gasteiger partial charge >= 0.3 is 0 Å². The van der Waals surface area contributed by atoms with Gasteiger partial charge in [-0.05, 0) is 12.3 Å². The minimum absolute atomic E-state index is 0.705. The Morgan fingerprint density at radius 3 is 3.06 bits per heavy atom. The number of nitrogens with zero attached hydrogens (tertiary/aromatic N) is 3. The van der Waals surface area contributed by atoms with Crippen LogP contribution in [0.5, 0.6) is 0 Å². The molecule has 0 bridgehead atoms. The van der Waals surface area contributed by atoms with E-state index in [0.29, 0.717) is 5.92 Å². The molecule has 0 radical (unpaired) electrons. The Hall–Kier alpha value is -0.370. The molecule has 1 aliphatic rings. The van der Waals surface area contributed by atoms with Crippen LogP contribution in [-0.4, -0.2) is 56.3 Å². The highest BCUT2D eigenvalue weighted by molar-refractivity contribution is 8.01. The molecule has 1 fully saturated rings. The maximum absolute atomic E-state index is 5.34. The number of anilines is 1. The Bertz CT molecular complexity index is 353. The molecule has 1 aromatic heterocycles. The van der Waals surface area contributed by atoms with E-state index in [9.17, 15) is 0 Å². The summed E-state index contributed by atoms with van der Waals surface area (Å²) < 4.78 is 6.39. The molecule has 7 heteroatoms. The average Bonchev–Trinajstić information content (AvgIpc) is 2.98. The van der Waals surface area contributed by atoms with Crippen LogP contribution in [0, 0.1) is 5.92 Å². The second kappa shape index (κ2) is 7.28. The van der Waals surface area contributed by atoms with Crippen molar-refractivity contribution in [2.75, 3.05) is 51.1 Å². The van der Waals surface area contributed by atoms with Gasteiger partial charge in [0.2, 0.25) is 5.13 Å². The van der Waals surface area contributed by atoms with Crippen LogP contribution < -0.4 is 10.2 Å². The molecule has 0 amide bonds. The van der Waals surface area contributed by atoms with Gasteiger partial charge in [-0.2, -0.15) is 0 Å². The van der Waals surface area contributed by atoms with Gasteiger partial charge in [-0.15, -0.1) is 10.2 Å². The SMILES string of the molecule is CN(C)c1nnc(SCCNCC2CCOC2)s1. The lowest BCUT2D eigenvalue weighted by atomic mass is 10.1. The lowest BCUT2D eigenvalue weighted by molar-refractivity contribution is 0.185. The number of ether oxygens (including phenoxy) is 1. The molecule has 0 spiro atoms. The van der Waals surface area contributed by atoms with Crippen molar-refractivity contribution >= 4 is 28.2 Å². The normalized spacial score (nSPS) is 19.3. The Labute approximate surface area is 116 Å². The molecule has 1 unspecified atom stereocenters. The summed E-state index contributed by atoms with van der Waals surface area (Å²) in [5, 5.41) is 12.7. The fourth-order valence-electron chi connectivity index (χ4n) is 1.70. The van der Waals surface area contributed by atoms with Crippen LogP contribution in [-0.2, 0) is 4.74 Å². The van der Waals surface area contributed by atoms with E-state index in [0.717, 1.165) is 41.5 Å². The van der Waals surface area contributed by atoms with Gasteiger partial charge in [0.1, 0.15) is 0 Å². The number of hydrogen-bond acceptors (Lipinski definition) is 7. The quantitative estimate of drug-likeness (QED) is 0.603. The number of thioether (sulfide) groups is 1. The van der Waals surface area contributed by atoms with Crippen LogP contribution in [0.2, 0.25) is 0 Å². The molecular formula is C11H20N4OS2. The molecule has 0 aromatic carbocycles. The molecular weight excluding hydrogens is 268 g/mol. The van der Waals surface area contributed by atoms with Crippen LogP contribution in [0.4, 0.5) is 5.13 Å². The molecule has 1 N–H and O–H groups in total. The maximum Gasteiger partial charge on any atom is 0.208 e. The monoisotopic (exact) mass is 288 g/mol. The van der Waals surface area contributed by atoms with Crippen LogP contribution >= 0.6 is 23.1 Å². The highest BCUT2D eigenvalue weighted by Crippen LogP contribution is 2.26. The molecule has 0 saturated carbocycles. The van der Waals surface area contributed by atoms with Gasteiger partial charge in [-0.25, -0.2) is 0 Å². The second-order valence-corrected chi connectivity index (χ2v) is 6.83. The number of hydrogen-bond donors (Lipinski definition) is 1. The van der Waals surface area contributed by atoms with Crippen LogP contribution in [0.3, 0.4) is 0 Å². The zero-order valence-corrected chi connectivity index (χ0v) is 12.5. The third-order valence-electron chi connectivity index (χ3n) is 2.74. The van der Waals surface area contributed by atoms with E-state index in [1.807, 2.05) is 19.0 Å². The van der Waals surface area contributed by atoms with Crippen molar-refractivity contribution in [3.8, 4) is 0 Å². The molecule has 1 aromatic rings. The van der Waals surface area contributed by atoms with E-state index < -0.39 is 0 Å². The Morgan fingerprint density at radius 1 is 1.50 bits per heavy atom. The summed E-state index contributed by atoms with van der Waals surface area (Å²) in [6.07, 6.45) is 1.20. The summed E-state index contributed by atoms with van der Waals surface area (Å²) in [5.41, 5.74) is 0. The summed E-state index contributed by atoms with van der Waals surface area (Å²) >= 11 is 3.41. The minimum atomic E-state index is 0.705. The number of aromatic nitrogens is 2. The van der Waals surface area contributed by atoms with Crippen LogP contribution in [0.1, 0.15) is 6.42 Å². The van der Waals surface area contributed by atoms with Gasteiger partial charge in [0.05, 0.1) is 6.61 Å². The molecule has 2 rings (SSSR count). The average molecular weight is 288 g/mol. The largest absolute Gasteiger partial charge is 0.381 e. The summed E-state index contributed by atoms with van der Waals surface area (Å²) in [6.45, 7) is 3.93. The molecule has 102 valence electrons. The Morgan fingerprint density at radius 2 is 2.39 bits per heavy atom. The molecule has 18 heavy (non-hydrogen) atoms. The first kappa shape index (κ1) is 14.0. The maximum atomic E-state index is 5.34. The molecule has 5 nitrogen and oxygen atoms in total. The van der Waals surface area contributed by atoms with Crippen molar-refractivity contribution in [3.63, 3.8) is 0 Å². The topological polar surface area (TPSA) is 50.3 Å². The summed E-state index contributed by atoms with van der Waals surface area (Å²) in [7, 11) is 3.97. The van der Waals surface area contributed by atoms with Gasteiger partial charge in [0.15, 0.2) is 4.34 Å². The Balaban J connectivity index is 1.56.